The Kier molecular flexibility index (Phi) is 4.59. The van der Waals surface area contributed by atoms with Crippen LogP contribution in [0.4, 0.5) is 0 Å². The summed E-state index contributed by atoms with van der Waals surface area (Å²) in [7, 11) is 0. The second kappa shape index (κ2) is 6.40. The van der Waals surface area contributed by atoms with Crippen molar-refractivity contribution in [2.24, 2.45) is 0 Å². The molecule has 0 radical (unpaired) electrons. The first kappa shape index (κ1) is 13.6. The number of nitrogens with zero attached hydrogens (tertiary/aromatic N) is 2. The smallest absolute Gasteiger partial charge is 0.253 e. The Bertz CT molecular complexity index is 516. The third-order valence-electron chi connectivity index (χ3n) is 2.67. The normalized spacial score (nSPS) is 13.8. The van der Waals surface area contributed by atoms with Gasteiger partial charge in [-0.15, -0.1) is 11.3 Å². The third-order valence-corrected chi connectivity index (χ3v) is 3.65. The van der Waals surface area contributed by atoms with Crippen molar-refractivity contribution in [2.75, 3.05) is 0 Å². The summed E-state index contributed by atoms with van der Waals surface area (Å²) in [4.78, 5) is 12.8. The fourth-order valence-electron chi connectivity index (χ4n) is 1.72. The molecule has 0 saturated heterocycles. The lowest BCUT2D eigenvalue weighted by molar-refractivity contribution is 0.0917. The van der Waals surface area contributed by atoms with Crippen molar-refractivity contribution in [3.05, 3.63) is 46.4 Å². The number of rotatable bonds is 5. The number of carbonyl (C=O) groups excluding carboxylic acids is 1. The van der Waals surface area contributed by atoms with Gasteiger partial charge in [0, 0.05) is 10.9 Å². The summed E-state index contributed by atoms with van der Waals surface area (Å²) in [5.41, 5.74) is 0.465. The SMILES string of the molecule is CC(CC(O)c1cccs1)NC(=O)c1ccnnc1. The molecule has 0 saturated carbocycles. The van der Waals surface area contributed by atoms with Gasteiger partial charge in [-0.3, -0.25) is 4.79 Å². The van der Waals surface area contributed by atoms with Gasteiger partial charge in [0.25, 0.3) is 5.91 Å². The number of hydrogen-bond donors (Lipinski definition) is 2. The minimum Gasteiger partial charge on any atom is -0.387 e. The lowest BCUT2D eigenvalue weighted by Gasteiger charge is -2.17. The Morgan fingerprint density at radius 2 is 2.32 bits per heavy atom. The van der Waals surface area contributed by atoms with Crippen LogP contribution in [0.1, 0.15) is 34.7 Å². The van der Waals surface area contributed by atoms with Gasteiger partial charge in [-0.2, -0.15) is 10.2 Å². The van der Waals surface area contributed by atoms with E-state index in [2.05, 4.69) is 15.5 Å². The molecule has 5 nitrogen and oxygen atoms in total. The Morgan fingerprint density at radius 3 is 2.95 bits per heavy atom. The van der Waals surface area contributed by atoms with Crippen LogP contribution in [0.15, 0.2) is 36.0 Å². The molecule has 0 aliphatic rings. The van der Waals surface area contributed by atoms with Crippen molar-refractivity contribution >= 4 is 17.2 Å². The van der Waals surface area contributed by atoms with Gasteiger partial charge in [-0.25, -0.2) is 0 Å². The molecule has 0 aliphatic carbocycles. The molecule has 19 heavy (non-hydrogen) atoms. The minimum atomic E-state index is -0.550. The summed E-state index contributed by atoms with van der Waals surface area (Å²) in [5, 5.41) is 22.0. The van der Waals surface area contributed by atoms with Gasteiger partial charge in [0.2, 0.25) is 0 Å². The van der Waals surface area contributed by atoms with Gasteiger partial charge in [0.15, 0.2) is 0 Å². The van der Waals surface area contributed by atoms with Crippen LogP contribution < -0.4 is 5.32 Å². The average molecular weight is 277 g/mol. The standard InChI is InChI=1S/C13H15N3O2S/c1-9(7-11(17)12-3-2-6-19-12)16-13(18)10-4-5-14-15-8-10/h2-6,8-9,11,17H,7H2,1H3,(H,16,18). The Morgan fingerprint density at radius 1 is 1.47 bits per heavy atom. The van der Waals surface area contributed by atoms with Gasteiger partial charge >= 0.3 is 0 Å². The van der Waals surface area contributed by atoms with E-state index in [-0.39, 0.29) is 11.9 Å². The van der Waals surface area contributed by atoms with Gasteiger partial charge < -0.3 is 10.4 Å². The summed E-state index contributed by atoms with van der Waals surface area (Å²) in [6.07, 6.45) is 2.81. The van der Waals surface area contributed by atoms with Gasteiger partial charge in [0.1, 0.15) is 0 Å². The van der Waals surface area contributed by atoms with Crippen molar-refractivity contribution in [1.82, 2.24) is 15.5 Å². The molecule has 2 aromatic heterocycles. The highest BCUT2D eigenvalue weighted by Crippen LogP contribution is 2.22. The highest BCUT2D eigenvalue weighted by molar-refractivity contribution is 7.10. The molecule has 2 unspecified atom stereocenters. The Labute approximate surface area is 115 Å². The van der Waals surface area contributed by atoms with Crippen LogP contribution in [-0.2, 0) is 0 Å². The van der Waals surface area contributed by atoms with Crippen molar-refractivity contribution in [3.8, 4) is 0 Å². The lowest BCUT2D eigenvalue weighted by Crippen LogP contribution is -2.33. The quantitative estimate of drug-likeness (QED) is 0.873. The molecule has 2 atom stereocenters. The van der Waals surface area contributed by atoms with Gasteiger partial charge in [0.05, 0.1) is 24.1 Å². The number of aliphatic hydroxyl groups is 1. The van der Waals surface area contributed by atoms with Crippen LogP contribution in [0.5, 0.6) is 0 Å². The van der Waals surface area contributed by atoms with Gasteiger partial charge in [-0.1, -0.05) is 6.07 Å². The number of aliphatic hydroxyl groups excluding tert-OH is 1. The van der Waals surface area contributed by atoms with Crippen LogP contribution in [0.2, 0.25) is 0 Å². The second-order valence-electron chi connectivity index (χ2n) is 4.27. The van der Waals surface area contributed by atoms with E-state index in [9.17, 15) is 9.90 Å². The molecule has 2 heterocycles. The van der Waals surface area contributed by atoms with Crippen molar-refractivity contribution in [3.63, 3.8) is 0 Å². The Balaban J connectivity index is 1.88. The second-order valence-corrected chi connectivity index (χ2v) is 5.25. The first-order chi connectivity index (χ1) is 9.16. The number of amides is 1. The fourth-order valence-corrected chi connectivity index (χ4v) is 2.45. The summed E-state index contributed by atoms with van der Waals surface area (Å²) in [6, 6.07) is 5.26. The number of nitrogens with one attached hydrogen (secondary N) is 1. The van der Waals surface area contributed by atoms with Crippen LogP contribution >= 0.6 is 11.3 Å². The molecule has 100 valence electrons. The molecule has 2 N–H and O–H groups in total. The molecule has 1 amide bonds. The zero-order chi connectivity index (χ0) is 13.7. The maximum atomic E-state index is 11.9. The molecule has 0 bridgehead atoms. The maximum Gasteiger partial charge on any atom is 0.253 e. The van der Waals surface area contributed by atoms with Crippen LogP contribution in [0.3, 0.4) is 0 Å². The van der Waals surface area contributed by atoms with Crippen LogP contribution in [0.25, 0.3) is 0 Å². The molecule has 0 aliphatic heterocycles. The largest absolute Gasteiger partial charge is 0.387 e. The zero-order valence-electron chi connectivity index (χ0n) is 10.5. The van der Waals surface area contributed by atoms with Crippen molar-refractivity contribution in [1.29, 1.82) is 0 Å². The van der Waals surface area contributed by atoms with E-state index in [1.807, 2.05) is 24.4 Å². The highest BCUT2D eigenvalue weighted by atomic mass is 32.1. The maximum absolute atomic E-state index is 11.9. The average Bonchev–Trinajstić information content (AvgIpc) is 2.93. The van der Waals surface area contributed by atoms with Crippen molar-refractivity contribution in [2.45, 2.75) is 25.5 Å². The monoisotopic (exact) mass is 277 g/mol. The first-order valence-electron chi connectivity index (χ1n) is 5.96. The highest BCUT2D eigenvalue weighted by Gasteiger charge is 2.15. The Hall–Kier alpha value is -1.79. The minimum absolute atomic E-state index is 0.127. The van der Waals surface area contributed by atoms with Crippen molar-refractivity contribution < 1.29 is 9.90 Å². The number of carbonyl (C=O) groups is 1. The molecule has 0 fully saturated rings. The zero-order valence-corrected chi connectivity index (χ0v) is 11.3. The third kappa shape index (κ3) is 3.84. The number of thiophene rings is 1. The summed E-state index contributed by atoms with van der Waals surface area (Å²) < 4.78 is 0. The fraction of sp³-hybridized carbons (Fsp3) is 0.308. The van der Waals surface area contributed by atoms with Gasteiger partial charge in [-0.05, 0) is 30.9 Å². The molecule has 6 heteroatoms. The molecule has 0 aromatic carbocycles. The van der Waals surface area contributed by atoms with Crippen LogP contribution in [-0.4, -0.2) is 27.3 Å². The molecular formula is C13H15N3O2S. The summed E-state index contributed by atoms with van der Waals surface area (Å²) >= 11 is 1.51. The molecule has 2 aromatic rings. The molecular weight excluding hydrogens is 262 g/mol. The number of hydrogen-bond acceptors (Lipinski definition) is 5. The predicted molar refractivity (Wildman–Crippen MR) is 72.9 cm³/mol. The van der Waals surface area contributed by atoms with E-state index in [1.165, 1.54) is 23.7 Å². The van der Waals surface area contributed by atoms with E-state index < -0.39 is 6.10 Å². The molecule has 0 spiro atoms. The first-order valence-corrected chi connectivity index (χ1v) is 6.84. The van der Waals surface area contributed by atoms with E-state index >= 15 is 0 Å². The topological polar surface area (TPSA) is 75.1 Å². The number of aromatic nitrogens is 2. The van der Waals surface area contributed by atoms with E-state index in [0.717, 1.165) is 4.88 Å². The molecule has 2 rings (SSSR count). The summed E-state index contributed by atoms with van der Waals surface area (Å²) in [6.45, 7) is 1.86. The van der Waals surface area contributed by atoms with E-state index in [0.29, 0.717) is 12.0 Å². The summed E-state index contributed by atoms with van der Waals surface area (Å²) in [5.74, 6) is -0.208. The predicted octanol–water partition coefficient (Wildman–Crippen LogP) is 1.78. The van der Waals surface area contributed by atoms with E-state index in [1.54, 1.807) is 6.07 Å². The lowest BCUT2D eigenvalue weighted by atomic mass is 10.1. The van der Waals surface area contributed by atoms with E-state index in [4.69, 9.17) is 0 Å². The van der Waals surface area contributed by atoms with Crippen LogP contribution in [0, 0.1) is 0 Å².